The summed E-state index contributed by atoms with van der Waals surface area (Å²) in [6.07, 6.45) is 0.739. The predicted molar refractivity (Wildman–Crippen MR) is 62.4 cm³/mol. The summed E-state index contributed by atoms with van der Waals surface area (Å²) in [5, 5.41) is 9.18. The molecule has 1 aliphatic heterocycles. The maximum Gasteiger partial charge on any atom is 0.326 e. The lowest BCUT2D eigenvalue weighted by Gasteiger charge is -2.34. The van der Waals surface area contributed by atoms with Gasteiger partial charge in [-0.2, -0.15) is 0 Å². The van der Waals surface area contributed by atoms with Crippen LogP contribution >= 0.6 is 0 Å². The summed E-state index contributed by atoms with van der Waals surface area (Å²) < 4.78 is 0. The highest BCUT2D eigenvalue weighted by molar-refractivity contribution is 5.84. The standard InChI is InChI=1S/C13H15NO3/c1-2-12(15)14-8-10-6-4-3-5-9(10)7-11(14)13(16)17/h3-6,11H,2,7-8H2,1H3,(H,16,17). The number of hydrogen-bond donors (Lipinski definition) is 1. The number of amides is 1. The van der Waals surface area contributed by atoms with Gasteiger partial charge < -0.3 is 10.0 Å². The van der Waals surface area contributed by atoms with Crippen LogP contribution in [0.3, 0.4) is 0 Å². The molecule has 0 bridgehead atoms. The monoisotopic (exact) mass is 233 g/mol. The molecule has 4 nitrogen and oxygen atoms in total. The van der Waals surface area contributed by atoms with Crippen LogP contribution in [0.15, 0.2) is 24.3 Å². The molecule has 1 heterocycles. The fraction of sp³-hybridized carbons (Fsp3) is 0.385. The van der Waals surface area contributed by atoms with Gasteiger partial charge in [-0.15, -0.1) is 0 Å². The molecule has 1 atom stereocenters. The first-order valence-corrected chi connectivity index (χ1v) is 5.72. The maximum atomic E-state index is 11.8. The van der Waals surface area contributed by atoms with E-state index in [4.69, 9.17) is 0 Å². The lowest BCUT2D eigenvalue weighted by Crippen LogP contribution is -2.48. The molecular weight excluding hydrogens is 218 g/mol. The number of carbonyl (C=O) groups is 2. The molecule has 0 spiro atoms. The number of nitrogens with zero attached hydrogens (tertiary/aromatic N) is 1. The Morgan fingerprint density at radius 2 is 2.00 bits per heavy atom. The highest BCUT2D eigenvalue weighted by Gasteiger charge is 2.33. The topological polar surface area (TPSA) is 57.6 Å². The molecule has 0 saturated heterocycles. The summed E-state index contributed by atoms with van der Waals surface area (Å²) in [6, 6.07) is 6.96. The fourth-order valence-electron chi connectivity index (χ4n) is 2.21. The second-order valence-electron chi connectivity index (χ2n) is 4.20. The van der Waals surface area contributed by atoms with Crippen LogP contribution in [0.25, 0.3) is 0 Å². The molecule has 17 heavy (non-hydrogen) atoms. The maximum absolute atomic E-state index is 11.8. The average molecular weight is 233 g/mol. The molecule has 4 heteroatoms. The van der Waals surface area contributed by atoms with Crippen molar-refractivity contribution in [2.24, 2.45) is 0 Å². The number of aliphatic carboxylic acids is 1. The highest BCUT2D eigenvalue weighted by atomic mass is 16.4. The Labute approximate surface area is 99.9 Å². The van der Waals surface area contributed by atoms with Crippen molar-refractivity contribution in [1.29, 1.82) is 0 Å². The van der Waals surface area contributed by atoms with Gasteiger partial charge in [0.15, 0.2) is 0 Å². The molecule has 1 unspecified atom stereocenters. The molecule has 1 aliphatic rings. The lowest BCUT2D eigenvalue weighted by atomic mass is 9.94. The van der Waals surface area contributed by atoms with Crippen molar-refractivity contribution in [3.8, 4) is 0 Å². The van der Waals surface area contributed by atoms with Gasteiger partial charge in [-0.05, 0) is 11.1 Å². The SMILES string of the molecule is CCC(=O)N1Cc2ccccc2CC1C(=O)O. The number of carboxylic acid groups (broad SMARTS) is 1. The van der Waals surface area contributed by atoms with Gasteiger partial charge >= 0.3 is 5.97 Å². The molecule has 90 valence electrons. The summed E-state index contributed by atoms with van der Waals surface area (Å²) in [7, 11) is 0. The van der Waals surface area contributed by atoms with Gasteiger partial charge in [-0.25, -0.2) is 4.79 Å². The molecular formula is C13H15NO3. The van der Waals surface area contributed by atoms with Crippen molar-refractivity contribution in [2.75, 3.05) is 0 Å². The Hall–Kier alpha value is -1.84. The zero-order valence-corrected chi connectivity index (χ0v) is 9.72. The summed E-state index contributed by atoms with van der Waals surface area (Å²) in [5.74, 6) is -1.03. The van der Waals surface area contributed by atoms with E-state index in [1.165, 1.54) is 4.90 Å². The van der Waals surface area contributed by atoms with E-state index in [1.54, 1.807) is 6.92 Å². The number of rotatable bonds is 2. The van der Waals surface area contributed by atoms with Crippen LogP contribution in [0.2, 0.25) is 0 Å². The normalized spacial score (nSPS) is 18.6. The number of carboxylic acids is 1. The lowest BCUT2D eigenvalue weighted by molar-refractivity contribution is -0.151. The van der Waals surface area contributed by atoms with Crippen molar-refractivity contribution >= 4 is 11.9 Å². The average Bonchev–Trinajstić information content (AvgIpc) is 2.36. The molecule has 1 N–H and O–H groups in total. The van der Waals surface area contributed by atoms with Crippen molar-refractivity contribution in [1.82, 2.24) is 4.90 Å². The van der Waals surface area contributed by atoms with Crippen molar-refractivity contribution in [2.45, 2.75) is 32.4 Å². The van der Waals surface area contributed by atoms with Crippen molar-refractivity contribution < 1.29 is 14.7 Å². The Bertz CT molecular complexity index is 456. The summed E-state index contributed by atoms with van der Waals surface area (Å²) in [6.45, 7) is 2.15. The third-order valence-corrected chi connectivity index (χ3v) is 3.16. The van der Waals surface area contributed by atoms with Crippen LogP contribution in [0.1, 0.15) is 24.5 Å². The quantitative estimate of drug-likeness (QED) is 0.840. The van der Waals surface area contributed by atoms with E-state index in [2.05, 4.69) is 0 Å². The molecule has 2 rings (SSSR count). The van der Waals surface area contributed by atoms with E-state index in [0.717, 1.165) is 11.1 Å². The van der Waals surface area contributed by atoms with Gasteiger partial charge in [0.1, 0.15) is 6.04 Å². The van der Waals surface area contributed by atoms with E-state index in [-0.39, 0.29) is 5.91 Å². The van der Waals surface area contributed by atoms with E-state index in [1.807, 2.05) is 24.3 Å². The molecule has 0 fully saturated rings. The van der Waals surface area contributed by atoms with Crippen LogP contribution in [-0.4, -0.2) is 27.9 Å². The second-order valence-corrected chi connectivity index (χ2v) is 4.20. The summed E-state index contributed by atoms with van der Waals surface area (Å²) in [4.78, 5) is 24.4. The zero-order valence-electron chi connectivity index (χ0n) is 9.72. The summed E-state index contributed by atoms with van der Waals surface area (Å²) in [5.41, 5.74) is 2.08. The molecule has 0 aliphatic carbocycles. The summed E-state index contributed by atoms with van der Waals surface area (Å²) >= 11 is 0. The molecule has 0 saturated carbocycles. The second kappa shape index (κ2) is 4.57. The molecule has 1 aromatic carbocycles. The van der Waals surface area contributed by atoms with Crippen LogP contribution in [0, 0.1) is 0 Å². The zero-order chi connectivity index (χ0) is 12.4. The Morgan fingerprint density at radius 1 is 1.35 bits per heavy atom. The first kappa shape index (κ1) is 11.6. The van der Waals surface area contributed by atoms with Crippen LogP contribution < -0.4 is 0 Å². The third kappa shape index (κ3) is 2.16. The first-order valence-electron chi connectivity index (χ1n) is 5.72. The highest BCUT2D eigenvalue weighted by Crippen LogP contribution is 2.23. The third-order valence-electron chi connectivity index (χ3n) is 3.16. The van der Waals surface area contributed by atoms with E-state index in [9.17, 15) is 14.7 Å². The van der Waals surface area contributed by atoms with E-state index >= 15 is 0 Å². The van der Waals surface area contributed by atoms with Crippen molar-refractivity contribution in [3.63, 3.8) is 0 Å². The number of fused-ring (bicyclic) bond motifs is 1. The smallest absolute Gasteiger partial charge is 0.326 e. The largest absolute Gasteiger partial charge is 0.480 e. The number of benzene rings is 1. The van der Waals surface area contributed by atoms with Gasteiger partial charge in [0.2, 0.25) is 5.91 Å². The van der Waals surface area contributed by atoms with E-state index < -0.39 is 12.0 Å². The molecule has 0 radical (unpaired) electrons. The first-order chi connectivity index (χ1) is 8.13. The van der Waals surface area contributed by atoms with Crippen molar-refractivity contribution in [3.05, 3.63) is 35.4 Å². The van der Waals surface area contributed by atoms with Gasteiger partial charge in [-0.3, -0.25) is 4.79 Å². The minimum Gasteiger partial charge on any atom is -0.480 e. The Kier molecular flexibility index (Phi) is 3.13. The number of carbonyl (C=O) groups excluding carboxylic acids is 1. The predicted octanol–water partition coefficient (Wildman–Crippen LogP) is 1.43. The van der Waals surface area contributed by atoms with Gasteiger partial charge in [0.05, 0.1) is 0 Å². The Morgan fingerprint density at radius 3 is 2.59 bits per heavy atom. The van der Waals surface area contributed by atoms with Gasteiger partial charge in [0.25, 0.3) is 0 Å². The Balaban J connectivity index is 2.34. The molecule has 1 aromatic rings. The van der Waals surface area contributed by atoms with Crippen LogP contribution in [-0.2, 0) is 22.6 Å². The fourth-order valence-corrected chi connectivity index (χ4v) is 2.21. The molecule has 1 amide bonds. The molecule has 0 aromatic heterocycles. The van der Waals surface area contributed by atoms with Gasteiger partial charge in [-0.1, -0.05) is 31.2 Å². The van der Waals surface area contributed by atoms with Gasteiger partial charge in [0, 0.05) is 19.4 Å². The minimum absolute atomic E-state index is 0.105. The minimum atomic E-state index is -0.929. The van der Waals surface area contributed by atoms with Crippen LogP contribution in [0.4, 0.5) is 0 Å². The van der Waals surface area contributed by atoms with E-state index in [0.29, 0.717) is 19.4 Å². The number of hydrogen-bond acceptors (Lipinski definition) is 2. The van der Waals surface area contributed by atoms with Crippen LogP contribution in [0.5, 0.6) is 0 Å².